The van der Waals surface area contributed by atoms with Crippen molar-refractivity contribution in [3.8, 4) is 0 Å². The molecular weight excluding hydrogens is 272 g/mol. The van der Waals surface area contributed by atoms with E-state index in [1.54, 1.807) is 11.3 Å². The Morgan fingerprint density at radius 3 is 2.45 bits per heavy atom. The van der Waals surface area contributed by atoms with Crippen LogP contribution in [0.25, 0.3) is 0 Å². The lowest BCUT2D eigenvalue weighted by Crippen LogP contribution is -2.24. The Kier molecular flexibility index (Phi) is 5.99. The van der Waals surface area contributed by atoms with Crippen molar-refractivity contribution in [2.45, 2.75) is 53.9 Å². The number of carbonyl (C=O) groups is 1. The highest BCUT2D eigenvalue weighted by Gasteiger charge is 2.24. The lowest BCUT2D eigenvalue weighted by molar-refractivity contribution is -0.137. The van der Waals surface area contributed by atoms with Gasteiger partial charge in [0.05, 0.1) is 5.69 Å². The Balaban J connectivity index is 2.47. The lowest BCUT2D eigenvalue weighted by Gasteiger charge is -2.30. The zero-order valence-corrected chi connectivity index (χ0v) is 13.9. The van der Waals surface area contributed by atoms with Gasteiger partial charge in [0.15, 0.2) is 5.13 Å². The maximum absolute atomic E-state index is 10.7. The largest absolute Gasteiger partial charge is 0.481 e. The fourth-order valence-corrected chi connectivity index (χ4v) is 3.05. The molecule has 1 unspecified atom stereocenters. The normalized spacial score (nSPS) is 13.2. The molecule has 1 aromatic heterocycles. The Hall–Kier alpha value is -1.10. The molecule has 0 fully saturated rings. The Bertz CT molecular complexity index is 430. The summed E-state index contributed by atoms with van der Waals surface area (Å²) in [4.78, 5) is 16.4. The summed E-state index contributed by atoms with van der Waals surface area (Å²) in [6.45, 7) is 11.5. The van der Waals surface area contributed by atoms with Crippen LogP contribution in [0.15, 0.2) is 0 Å². The highest BCUT2D eigenvalue weighted by molar-refractivity contribution is 7.15. The van der Waals surface area contributed by atoms with Crippen LogP contribution in [0.2, 0.25) is 0 Å². The first kappa shape index (κ1) is 17.0. The summed E-state index contributed by atoms with van der Waals surface area (Å²) in [5.41, 5.74) is 1.21. The molecule has 1 atom stereocenters. The van der Waals surface area contributed by atoms with E-state index in [0.717, 1.165) is 30.2 Å². The van der Waals surface area contributed by atoms with E-state index >= 15 is 0 Å². The smallest absolute Gasteiger partial charge is 0.303 e. The molecule has 0 bridgehead atoms. The Labute approximate surface area is 125 Å². The average Bonchev–Trinajstić information content (AvgIpc) is 2.61. The quantitative estimate of drug-likeness (QED) is 0.796. The third-order valence-electron chi connectivity index (χ3n) is 3.73. The number of rotatable bonds is 7. The van der Waals surface area contributed by atoms with Gasteiger partial charge in [0.1, 0.15) is 0 Å². The highest BCUT2D eigenvalue weighted by atomic mass is 32.1. The predicted octanol–water partition coefficient (Wildman–Crippen LogP) is 4.09. The van der Waals surface area contributed by atoms with Crippen molar-refractivity contribution >= 4 is 22.4 Å². The van der Waals surface area contributed by atoms with Crippen molar-refractivity contribution in [2.24, 2.45) is 11.3 Å². The number of nitrogens with one attached hydrogen (secondary N) is 1. The maximum atomic E-state index is 10.7. The molecule has 20 heavy (non-hydrogen) atoms. The van der Waals surface area contributed by atoms with E-state index in [9.17, 15) is 4.79 Å². The van der Waals surface area contributed by atoms with Crippen molar-refractivity contribution in [3.63, 3.8) is 0 Å². The van der Waals surface area contributed by atoms with Gasteiger partial charge in [0.25, 0.3) is 0 Å². The van der Waals surface area contributed by atoms with Gasteiger partial charge in [-0.1, -0.05) is 20.8 Å². The monoisotopic (exact) mass is 298 g/mol. The van der Waals surface area contributed by atoms with Crippen LogP contribution in [-0.4, -0.2) is 22.6 Å². The van der Waals surface area contributed by atoms with E-state index in [1.807, 2.05) is 6.92 Å². The van der Waals surface area contributed by atoms with Gasteiger partial charge in [-0.2, -0.15) is 0 Å². The number of carboxylic acid groups (broad SMARTS) is 1. The molecule has 0 spiro atoms. The van der Waals surface area contributed by atoms with Crippen LogP contribution in [0.3, 0.4) is 0 Å². The minimum absolute atomic E-state index is 0.131. The topological polar surface area (TPSA) is 62.2 Å². The van der Waals surface area contributed by atoms with Crippen LogP contribution < -0.4 is 5.32 Å². The SMILES string of the molecule is Cc1nc(NCCC(CCC(=O)O)C(C)(C)C)sc1C. The second-order valence-corrected chi connectivity index (χ2v) is 7.57. The summed E-state index contributed by atoms with van der Waals surface area (Å²) in [6.07, 6.45) is 1.95. The van der Waals surface area contributed by atoms with Crippen molar-refractivity contribution in [1.29, 1.82) is 0 Å². The number of aliphatic carboxylic acids is 1. The van der Waals surface area contributed by atoms with Crippen molar-refractivity contribution in [2.75, 3.05) is 11.9 Å². The number of carboxylic acids is 1. The van der Waals surface area contributed by atoms with Crippen molar-refractivity contribution in [3.05, 3.63) is 10.6 Å². The molecule has 0 saturated carbocycles. The highest BCUT2D eigenvalue weighted by Crippen LogP contribution is 2.32. The summed E-state index contributed by atoms with van der Waals surface area (Å²) >= 11 is 1.68. The molecule has 2 N–H and O–H groups in total. The van der Waals surface area contributed by atoms with Crippen LogP contribution in [0.5, 0.6) is 0 Å². The molecule has 0 aliphatic rings. The molecule has 0 aliphatic carbocycles. The standard InChI is InChI=1S/C15H26N2O2S/c1-10-11(2)20-14(17-10)16-9-8-12(15(3,4)5)6-7-13(18)19/h12H,6-9H2,1-5H3,(H,16,17)(H,18,19). The van der Waals surface area contributed by atoms with Crippen LogP contribution in [0.1, 0.15) is 50.6 Å². The van der Waals surface area contributed by atoms with E-state index in [0.29, 0.717) is 5.92 Å². The molecule has 0 aliphatic heterocycles. The number of aromatic nitrogens is 1. The molecule has 0 radical (unpaired) electrons. The number of thiazole rings is 1. The van der Waals surface area contributed by atoms with E-state index in [4.69, 9.17) is 5.11 Å². The second-order valence-electron chi connectivity index (χ2n) is 6.37. The van der Waals surface area contributed by atoms with E-state index in [2.05, 4.69) is 38.0 Å². The van der Waals surface area contributed by atoms with Crippen molar-refractivity contribution < 1.29 is 9.90 Å². The minimum atomic E-state index is -0.710. The number of aryl methyl sites for hydroxylation is 2. The molecule has 0 saturated heterocycles. The zero-order valence-electron chi connectivity index (χ0n) is 13.1. The third kappa shape index (κ3) is 5.49. The number of hydrogen-bond acceptors (Lipinski definition) is 4. The van der Waals surface area contributed by atoms with Crippen LogP contribution in [0.4, 0.5) is 5.13 Å². The van der Waals surface area contributed by atoms with Crippen molar-refractivity contribution in [1.82, 2.24) is 4.98 Å². The number of nitrogens with zero attached hydrogens (tertiary/aromatic N) is 1. The molecule has 0 aromatic carbocycles. The third-order valence-corrected chi connectivity index (χ3v) is 4.76. The molecular formula is C15H26N2O2S. The molecule has 114 valence electrons. The first-order valence-electron chi connectivity index (χ1n) is 7.10. The fraction of sp³-hybridized carbons (Fsp3) is 0.733. The summed E-state index contributed by atoms with van der Waals surface area (Å²) < 4.78 is 0. The molecule has 4 nitrogen and oxygen atoms in total. The number of hydrogen-bond donors (Lipinski definition) is 2. The fourth-order valence-electron chi connectivity index (χ4n) is 2.21. The minimum Gasteiger partial charge on any atom is -0.481 e. The zero-order chi connectivity index (χ0) is 15.3. The first-order valence-corrected chi connectivity index (χ1v) is 7.91. The predicted molar refractivity (Wildman–Crippen MR) is 84.5 cm³/mol. The number of anilines is 1. The lowest BCUT2D eigenvalue weighted by atomic mass is 9.76. The average molecular weight is 298 g/mol. The molecule has 1 aromatic rings. The van der Waals surface area contributed by atoms with Crippen LogP contribution in [0, 0.1) is 25.2 Å². The maximum Gasteiger partial charge on any atom is 0.303 e. The summed E-state index contributed by atoms with van der Waals surface area (Å²) in [5, 5.41) is 13.2. The molecule has 5 heteroatoms. The second kappa shape index (κ2) is 7.07. The van der Waals surface area contributed by atoms with Gasteiger partial charge in [0, 0.05) is 17.8 Å². The first-order chi connectivity index (χ1) is 9.20. The van der Waals surface area contributed by atoms with Gasteiger partial charge in [-0.3, -0.25) is 4.79 Å². The summed E-state index contributed by atoms with van der Waals surface area (Å²) in [7, 11) is 0. The summed E-state index contributed by atoms with van der Waals surface area (Å²) in [6, 6.07) is 0. The molecule has 1 heterocycles. The molecule has 1 rings (SSSR count). The van der Waals surface area contributed by atoms with Crippen LogP contribution >= 0.6 is 11.3 Å². The van der Waals surface area contributed by atoms with Gasteiger partial charge in [-0.25, -0.2) is 4.98 Å². The van der Waals surface area contributed by atoms with Gasteiger partial charge in [-0.15, -0.1) is 11.3 Å². The molecule has 0 amide bonds. The Morgan fingerprint density at radius 2 is 2.00 bits per heavy atom. The van der Waals surface area contributed by atoms with E-state index in [1.165, 1.54) is 4.88 Å². The van der Waals surface area contributed by atoms with E-state index < -0.39 is 5.97 Å². The van der Waals surface area contributed by atoms with Crippen LogP contribution in [-0.2, 0) is 4.79 Å². The van der Waals surface area contributed by atoms with E-state index in [-0.39, 0.29) is 11.8 Å². The van der Waals surface area contributed by atoms with Gasteiger partial charge in [-0.05, 0) is 38.0 Å². The Morgan fingerprint density at radius 1 is 1.35 bits per heavy atom. The van der Waals surface area contributed by atoms with Gasteiger partial charge in [0.2, 0.25) is 0 Å². The van der Waals surface area contributed by atoms with Gasteiger partial charge >= 0.3 is 5.97 Å². The summed E-state index contributed by atoms with van der Waals surface area (Å²) in [5.74, 6) is -0.313. The van der Waals surface area contributed by atoms with Gasteiger partial charge < -0.3 is 10.4 Å².